The SMILES string of the molecule is COc1ccc(S(=O)(=O)N2CCCC2)cc1NC(=O)C(c1ccccc1)N(C)S(C)(=O)=O. The lowest BCUT2D eigenvalue weighted by atomic mass is 10.1. The Bertz CT molecular complexity index is 1180. The van der Waals surface area contributed by atoms with Crippen LogP contribution in [0, 0.1) is 0 Å². The van der Waals surface area contributed by atoms with E-state index in [9.17, 15) is 21.6 Å². The molecule has 1 unspecified atom stereocenters. The highest BCUT2D eigenvalue weighted by atomic mass is 32.2. The highest BCUT2D eigenvalue weighted by molar-refractivity contribution is 7.89. The number of hydrogen-bond donors (Lipinski definition) is 1. The van der Waals surface area contributed by atoms with Crippen molar-refractivity contribution in [2.45, 2.75) is 23.8 Å². The van der Waals surface area contributed by atoms with Gasteiger partial charge >= 0.3 is 0 Å². The molecule has 11 heteroatoms. The highest BCUT2D eigenvalue weighted by Gasteiger charge is 2.32. The summed E-state index contributed by atoms with van der Waals surface area (Å²) in [4.78, 5) is 13.3. The maximum Gasteiger partial charge on any atom is 0.247 e. The van der Waals surface area contributed by atoms with Gasteiger partial charge in [-0.05, 0) is 36.6 Å². The number of carbonyl (C=O) groups excluding carboxylic acids is 1. The fourth-order valence-corrected chi connectivity index (χ4v) is 5.72. The average Bonchev–Trinajstić information content (AvgIpc) is 3.30. The summed E-state index contributed by atoms with van der Waals surface area (Å²) in [7, 11) is -4.70. The van der Waals surface area contributed by atoms with Crippen LogP contribution in [0.15, 0.2) is 53.4 Å². The van der Waals surface area contributed by atoms with Crippen LogP contribution in [0.4, 0.5) is 5.69 Å². The van der Waals surface area contributed by atoms with Crippen LogP contribution in [0.2, 0.25) is 0 Å². The van der Waals surface area contributed by atoms with Crippen LogP contribution < -0.4 is 10.1 Å². The summed E-state index contributed by atoms with van der Waals surface area (Å²) in [5.41, 5.74) is 0.610. The quantitative estimate of drug-likeness (QED) is 0.617. The summed E-state index contributed by atoms with van der Waals surface area (Å²) in [5, 5.41) is 2.66. The monoisotopic (exact) mass is 481 g/mol. The van der Waals surface area contributed by atoms with Gasteiger partial charge in [-0.3, -0.25) is 4.79 Å². The van der Waals surface area contributed by atoms with Gasteiger partial charge < -0.3 is 10.1 Å². The molecule has 0 spiro atoms. The second-order valence-electron chi connectivity index (χ2n) is 7.55. The van der Waals surface area contributed by atoms with Crippen LogP contribution in [-0.2, 0) is 24.8 Å². The number of nitrogens with one attached hydrogen (secondary N) is 1. The summed E-state index contributed by atoms with van der Waals surface area (Å²) in [6.45, 7) is 0.899. The molecule has 1 heterocycles. The van der Waals surface area contributed by atoms with Crippen molar-refractivity contribution in [1.82, 2.24) is 8.61 Å². The minimum Gasteiger partial charge on any atom is -0.495 e. The van der Waals surface area contributed by atoms with E-state index in [1.807, 2.05) is 0 Å². The Morgan fingerprint density at radius 3 is 2.25 bits per heavy atom. The second kappa shape index (κ2) is 9.57. The Hall–Kier alpha value is -2.47. The molecule has 174 valence electrons. The summed E-state index contributed by atoms with van der Waals surface area (Å²) < 4.78 is 58.0. The van der Waals surface area contributed by atoms with Gasteiger partial charge in [-0.15, -0.1) is 0 Å². The lowest BCUT2D eigenvalue weighted by Crippen LogP contribution is -2.38. The number of hydrogen-bond acceptors (Lipinski definition) is 6. The maximum absolute atomic E-state index is 13.3. The van der Waals surface area contributed by atoms with Gasteiger partial charge in [0.05, 0.1) is 23.9 Å². The fourth-order valence-electron chi connectivity index (χ4n) is 3.58. The van der Waals surface area contributed by atoms with E-state index in [1.54, 1.807) is 30.3 Å². The van der Waals surface area contributed by atoms with Crippen molar-refractivity contribution in [2.75, 3.05) is 38.8 Å². The number of anilines is 1. The van der Waals surface area contributed by atoms with E-state index in [0.29, 0.717) is 18.7 Å². The van der Waals surface area contributed by atoms with E-state index in [2.05, 4.69) is 5.32 Å². The Kier molecular flexibility index (Phi) is 7.23. The number of ether oxygens (including phenoxy) is 1. The molecule has 1 amide bonds. The third-order valence-electron chi connectivity index (χ3n) is 5.38. The predicted octanol–water partition coefficient (Wildman–Crippen LogP) is 2.05. The minimum atomic E-state index is -3.71. The first-order valence-corrected chi connectivity index (χ1v) is 13.3. The molecule has 1 fully saturated rings. The van der Waals surface area contributed by atoms with E-state index >= 15 is 0 Å². The molecule has 9 nitrogen and oxygen atoms in total. The van der Waals surface area contributed by atoms with E-state index in [-0.39, 0.29) is 16.3 Å². The van der Waals surface area contributed by atoms with E-state index in [4.69, 9.17) is 4.74 Å². The highest BCUT2D eigenvalue weighted by Crippen LogP contribution is 2.32. The first kappa shape index (κ1) is 24.2. The molecular weight excluding hydrogens is 454 g/mol. The van der Waals surface area contributed by atoms with Gasteiger partial charge in [-0.1, -0.05) is 30.3 Å². The minimum absolute atomic E-state index is 0.0308. The smallest absolute Gasteiger partial charge is 0.247 e. The largest absolute Gasteiger partial charge is 0.495 e. The van der Waals surface area contributed by atoms with Crippen LogP contribution in [-0.4, -0.2) is 64.9 Å². The molecular formula is C21H27N3O6S2. The zero-order valence-corrected chi connectivity index (χ0v) is 19.8. The average molecular weight is 482 g/mol. The molecule has 3 rings (SSSR count). The molecule has 1 aliphatic heterocycles. The third kappa shape index (κ3) is 5.12. The zero-order chi connectivity index (χ0) is 23.5. The number of sulfonamides is 2. The maximum atomic E-state index is 13.3. The zero-order valence-electron chi connectivity index (χ0n) is 18.2. The van der Waals surface area contributed by atoms with Crippen molar-refractivity contribution in [3.63, 3.8) is 0 Å². The molecule has 2 aromatic rings. The Morgan fingerprint density at radius 1 is 1.06 bits per heavy atom. The molecule has 0 saturated carbocycles. The van der Waals surface area contributed by atoms with E-state index in [0.717, 1.165) is 23.4 Å². The summed E-state index contributed by atoms with van der Waals surface area (Å²) in [6.07, 6.45) is 2.62. The van der Waals surface area contributed by atoms with Crippen LogP contribution in [0.1, 0.15) is 24.4 Å². The van der Waals surface area contributed by atoms with Crippen LogP contribution in [0.5, 0.6) is 5.75 Å². The number of rotatable bonds is 8. The van der Waals surface area contributed by atoms with Gasteiger partial charge in [0.25, 0.3) is 0 Å². The van der Waals surface area contributed by atoms with Crippen molar-refractivity contribution in [2.24, 2.45) is 0 Å². The molecule has 1 atom stereocenters. The lowest BCUT2D eigenvalue weighted by Gasteiger charge is -2.26. The van der Waals surface area contributed by atoms with Gasteiger partial charge in [0, 0.05) is 20.1 Å². The van der Waals surface area contributed by atoms with E-state index in [1.165, 1.54) is 36.7 Å². The first-order valence-electron chi connectivity index (χ1n) is 10.0. The number of amides is 1. The van der Waals surface area contributed by atoms with Crippen molar-refractivity contribution in [3.8, 4) is 5.75 Å². The van der Waals surface area contributed by atoms with Crippen molar-refractivity contribution in [3.05, 3.63) is 54.1 Å². The van der Waals surface area contributed by atoms with Gasteiger partial charge in [-0.2, -0.15) is 8.61 Å². The number of methoxy groups -OCH3 is 1. The summed E-state index contributed by atoms with van der Waals surface area (Å²) >= 11 is 0. The summed E-state index contributed by atoms with van der Waals surface area (Å²) in [6, 6.07) is 11.5. The molecule has 0 bridgehead atoms. The molecule has 0 aliphatic carbocycles. The topological polar surface area (TPSA) is 113 Å². The second-order valence-corrected chi connectivity index (χ2v) is 11.5. The molecule has 1 aliphatic rings. The Balaban J connectivity index is 1.98. The molecule has 2 aromatic carbocycles. The van der Waals surface area contributed by atoms with Crippen molar-refractivity contribution >= 4 is 31.6 Å². The number of benzene rings is 2. The van der Waals surface area contributed by atoms with Gasteiger partial charge in [-0.25, -0.2) is 16.8 Å². The van der Waals surface area contributed by atoms with E-state index < -0.39 is 32.0 Å². The van der Waals surface area contributed by atoms with Gasteiger partial charge in [0.15, 0.2) is 0 Å². The fraction of sp³-hybridized carbons (Fsp3) is 0.381. The van der Waals surface area contributed by atoms with Gasteiger partial charge in [0.1, 0.15) is 11.8 Å². The van der Waals surface area contributed by atoms with Crippen LogP contribution in [0.25, 0.3) is 0 Å². The summed E-state index contributed by atoms with van der Waals surface area (Å²) in [5.74, 6) is -0.384. The number of likely N-dealkylation sites (N-methyl/N-ethyl adjacent to an activating group) is 1. The third-order valence-corrected chi connectivity index (χ3v) is 8.53. The Morgan fingerprint density at radius 2 is 1.69 bits per heavy atom. The van der Waals surface area contributed by atoms with Crippen molar-refractivity contribution in [1.29, 1.82) is 0 Å². The Labute approximate surface area is 189 Å². The van der Waals surface area contributed by atoms with Crippen molar-refractivity contribution < 1.29 is 26.4 Å². The number of nitrogens with zero attached hydrogens (tertiary/aromatic N) is 2. The van der Waals surface area contributed by atoms with Crippen LogP contribution >= 0.6 is 0 Å². The van der Waals surface area contributed by atoms with Crippen LogP contribution in [0.3, 0.4) is 0 Å². The van der Waals surface area contributed by atoms with Gasteiger partial charge in [0.2, 0.25) is 26.0 Å². The lowest BCUT2D eigenvalue weighted by molar-refractivity contribution is -0.119. The molecule has 0 radical (unpaired) electrons. The first-order chi connectivity index (χ1) is 15.1. The standard InChI is InChI=1S/C21H27N3O6S2/c1-23(31(3,26)27)20(16-9-5-4-6-10-16)21(25)22-18-15-17(11-12-19(18)30-2)32(28,29)24-13-7-8-14-24/h4-6,9-12,15,20H,7-8,13-14H2,1-3H3,(H,22,25). The molecule has 0 aromatic heterocycles. The molecule has 32 heavy (non-hydrogen) atoms. The number of carbonyl (C=O) groups is 1. The predicted molar refractivity (Wildman–Crippen MR) is 121 cm³/mol. The molecule has 1 saturated heterocycles. The normalized spacial score (nSPS) is 16.1. The molecule has 1 N–H and O–H groups in total.